The summed E-state index contributed by atoms with van der Waals surface area (Å²) >= 11 is 1.31. The Bertz CT molecular complexity index is 640. The molecule has 0 spiro atoms. The van der Waals surface area contributed by atoms with Crippen LogP contribution in [0.4, 0.5) is 5.13 Å². The largest absolute Gasteiger partial charge is 0.459 e. The smallest absolute Gasteiger partial charge is 0.313 e. The molecular formula is C16H18N2O3S. The first kappa shape index (κ1) is 16.2. The zero-order chi connectivity index (χ0) is 15.9. The molecule has 5 nitrogen and oxygen atoms in total. The first-order valence-electron chi connectivity index (χ1n) is 7.03. The van der Waals surface area contributed by atoms with Crippen molar-refractivity contribution >= 4 is 28.3 Å². The van der Waals surface area contributed by atoms with Crippen molar-refractivity contribution in [2.75, 3.05) is 5.32 Å². The summed E-state index contributed by atoms with van der Waals surface area (Å²) in [5.74, 6) is -0.703. The monoisotopic (exact) mass is 318 g/mol. The lowest BCUT2D eigenvalue weighted by molar-refractivity contribution is -0.147. The number of hydrogen-bond acceptors (Lipinski definition) is 5. The highest BCUT2D eigenvalue weighted by molar-refractivity contribution is 7.13. The number of nitrogens with zero attached hydrogens (tertiary/aromatic N) is 1. The number of anilines is 1. The molecule has 1 aromatic carbocycles. The lowest BCUT2D eigenvalue weighted by Crippen LogP contribution is -2.15. The van der Waals surface area contributed by atoms with E-state index in [1.165, 1.54) is 18.3 Å². The second-order valence-corrected chi connectivity index (χ2v) is 5.66. The molecule has 1 atom stereocenters. The Hall–Kier alpha value is -2.21. The van der Waals surface area contributed by atoms with E-state index in [0.717, 1.165) is 5.56 Å². The Morgan fingerprint density at radius 1 is 1.32 bits per heavy atom. The van der Waals surface area contributed by atoms with Crippen LogP contribution >= 0.6 is 11.3 Å². The van der Waals surface area contributed by atoms with Crippen LogP contribution in [0.2, 0.25) is 0 Å². The first-order chi connectivity index (χ1) is 10.6. The van der Waals surface area contributed by atoms with Crippen LogP contribution in [0.1, 0.15) is 37.4 Å². The predicted octanol–water partition coefficient (Wildman–Crippen LogP) is 3.34. The van der Waals surface area contributed by atoms with Crippen LogP contribution < -0.4 is 5.32 Å². The molecule has 0 aliphatic heterocycles. The third-order valence-electron chi connectivity index (χ3n) is 3.09. The molecule has 0 radical (unpaired) electrons. The van der Waals surface area contributed by atoms with Crippen LogP contribution in [0.25, 0.3) is 0 Å². The van der Waals surface area contributed by atoms with E-state index in [9.17, 15) is 9.59 Å². The number of carbonyl (C=O) groups is 2. The van der Waals surface area contributed by atoms with Gasteiger partial charge in [0.1, 0.15) is 6.61 Å². The van der Waals surface area contributed by atoms with Crippen molar-refractivity contribution in [1.82, 2.24) is 4.98 Å². The Kier molecular flexibility index (Phi) is 5.66. The highest BCUT2D eigenvalue weighted by Gasteiger charge is 2.20. The van der Waals surface area contributed by atoms with Gasteiger partial charge in [0.05, 0.1) is 11.6 Å². The van der Waals surface area contributed by atoms with Crippen molar-refractivity contribution in [3.63, 3.8) is 0 Å². The number of amides is 1. The van der Waals surface area contributed by atoms with Gasteiger partial charge >= 0.3 is 5.97 Å². The lowest BCUT2D eigenvalue weighted by atomic mass is 9.97. The summed E-state index contributed by atoms with van der Waals surface area (Å²) < 4.78 is 5.35. The lowest BCUT2D eigenvalue weighted by Gasteiger charge is -2.13. The second kappa shape index (κ2) is 7.70. The number of carbonyl (C=O) groups excluding carboxylic acids is 2. The van der Waals surface area contributed by atoms with Gasteiger partial charge in [0, 0.05) is 12.3 Å². The minimum atomic E-state index is -0.269. The van der Waals surface area contributed by atoms with Crippen LogP contribution in [0.15, 0.2) is 35.7 Å². The molecule has 22 heavy (non-hydrogen) atoms. The third kappa shape index (κ3) is 4.39. The fourth-order valence-corrected chi connectivity index (χ4v) is 2.79. The molecule has 0 aliphatic rings. The molecule has 0 saturated carbocycles. The number of rotatable bonds is 6. The Morgan fingerprint density at radius 2 is 2.05 bits per heavy atom. The van der Waals surface area contributed by atoms with Gasteiger partial charge in [0.2, 0.25) is 5.91 Å². The highest BCUT2D eigenvalue weighted by atomic mass is 32.1. The van der Waals surface area contributed by atoms with Crippen LogP contribution in [0.5, 0.6) is 0 Å². The quantitative estimate of drug-likeness (QED) is 0.829. The summed E-state index contributed by atoms with van der Waals surface area (Å²) in [4.78, 5) is 27.3. The van der Waals surface area contributed by atoms with E-state index in [0.29, 0.717) is 17.2 Å². The molecule has 116 valence electrons. The minimum absolute atomic E-state index is 0.109. The maximum absolute atomic E-state index is 12.2. The zero-order valence-corrected chi connectivity index (χ0v) is 13.4. The van der Waals surface area contributed by atoms with E-state index in [4.69, 9.17) is 4.74 Å². The molecule has 1 amide bonds. The topological polar surface area (TPSA) is 68.3 Å². The number of nitrogens with one attached hydrogen (secondary N) is 1. The van der Waals surface area contributed by atoms with E-state index < -0.39 is 0 Å². The van der Waals surface area contributed by atoms with Gasteiger partial charge < -0.3 is 10.1 Å². The SMILES string of the molecule is CC[C@@H](C(=O)OCc1csc(NC(C)=O)n1)c1ccccc1. The van der Waals surface area contributed by atoms with Gasteiger partial charge in [-0.2, -0.15) is 0 Å². The van der Waals surface area contributed by atoms with Crippen molar-refractivity contribution in [1.29, 1.82) is 0 Å². The van der Waals surface area contributed by atoms with E-state index in [1.54, 1.807) is 5.38 Å². The number of thiazole rings is 1. The van der Waals surface area contributed by atoms with Crippen LogP contribution in [-0.2, 0) is 20.9 Å². The molecule has 0 bridgehead atoms. The van der Waals surface area contributed by atoms with Gasteiger partial charge in [-0.05, 0) is 12.0 Å². The minimum Gasteiger partial charge on any atom is -0.459 e. The second-order valence-electron chi connectivity index (χ2n) is 4.80. The molecular weight excluding hydrogens is 300 g/mol. The average Bonchev–Trinajstić information content (AvgIpc) is 2.94. The Balaban J connectivity index is 1.94. The van der Waals surface area contributed by atoms with E-state index in [1.807, 2.05) is 37.3 Å². The molecule has 0 aliphatic carbocycles. The zero-order valence-electron chi connectivity index (χ0n) is 12.5. The van der Waals surface area contributed by atoms with Crippen LogP contribution in [0, 0.1) is 0 Å². The molecule has 1 N–H and O–H groups in total. The molecule has 0 saturated heterocycles. The van der Waals surface area contributed by atoms with Gasteiger partial charge in [-0.15, -0.1) is 11.3 Å². The fraction of sp³-hybridized carbons (Fsp3) is 0.312. The van der Waals surface area contributed by atoms with Crippen molar-refractivity contribution in [3.05, 3.63) is 47.0 Å². The Labute approximate surface area is 133 Å². The number of ether oxygens (including phenoxy) is 1. The molecule has 0 unspecified atom stereocenters. The van der Waals surface area contributed by atoms with Gasteiger partial charge in [0.25, 0.3) is 0 Å². The van der Waals surface area contributed by atoms with Crippen molar-refractivity contribution in [2.24, 2.45) is 0 Å². The standard InChI is InChI=1S/C16H18N2O3S/c1-3-14(12-7-5-4-6-8-12)15(20)21-9-13-10-22-16(18-13)17-11(2)19/h4-8,10,14H,3,9H2,1-2H3,(H,17,18,19)/t14-/m1/s1. The van der Waals surface area contributed by atoms with Crippen molar-refractivity contribution in [2.45, 2.75) is 32.8 Å². The summed E-state index contributed by atoms with van der Waals surface area (Å²) in [7, 11) is 0. The molecule has 0 fully saturated rings. The summed E-state index contributed by atoms with van der Waals surface area (Å²) in [5, 5.41) is 4.87. The Morgan fingerprint density at radius 3 is 2.68 bits per heavy atom. The van der Waals surface area contributed by atoms with Gasteiger partial charge in [-0.1, -0.05) is 37.3 Å². The summed E-state index contributed by atoms with van der Waals surface area (Å²) in [5.41, 5.74) is 1.58. The number of aromatic nitrogens is 1. The van der Waals surface area contributed by atoms with Gasteiger partial charge in [-0.25, -0.2) is 4.98 Å². The fourth-order valence-electron chi connectivity index (χ4n) is 2.05. The molecule has 2 rings (SSSR count). The van der Waals surface area contributed by atoms with Crippen molar-refractivity contribution < 1.29 is 14.3 Å². The normalized spacial score (nSPS) is 11.7. The van der Waals surface area contributed by atoms with Crippen LogP contribution in [-0.4, -0.2) is 16.9 Å². The maximum atomic E-state index is 12.2. The predicted molar refractivity (Wildman–Crippen MR) is 85.7 cm³/mol. The van der Waals surface area contributed by atoms with E-state index in [2.05, 4.69) is 10.3 Å². The van der Waals surface area contributed by atoms with Gasteiger partial charge in [0.15, 0.2) is 5.13 Å². The molecule has 6 heteroatoms. The van der Waals surface area contributed by atoms with E-state index in [-0.39, 0.29) is 24.4 Å². The molecule has 1 aromatic heterocycles. The number of esters is 1. The van der Waals surface area contributed by atoms with Gasteiger partial charge in [-0.3, -0.25) is 9.59 Å². The molecule has 2 aromatic rings. The van der Waals surface area contributed by atoms with Crippen LogP contribution in [0.3, 0.4) is 0 Å². The first-order valence-corrected chi connectivity index (χ1v) is 7.91. The average molecular weight is 318 g/mol. The van der Waals surface area contributed by atoms with E-state index >= 15 is 0 Å². The summed E-state index contributed by atoms with van der Waals surface area (Å²) in [6.45, 7) is 3.49. The van der Waals surface area contributed by atoms with Crippen molar-refractivity contribution in [3.8, 4) is 0 Å². The number of benzene rings is 1. The number of hydrogen-bond donors (Lipinski definition) is 1. The summed E-state index contributed by atoms with van der Waals surface area (Å²) in [6, 6.07) is 9.58. The highest BCUT2D eigenvalue weighted by Crippen LogP contribution is 2.22. The molecule has 1 heterocycles. The maximum Gasteiger partial charge on any atom is 0.313 e. The third-order valence-corrected chi connectivity index (χ3v) is 3.90. The summed E-state index contributed by atoms with van der Waals surface area (Å²) in [6.07, 6.45) is 0.678.